The smallest absolute Gasteiger partial charge is 0.302 e. The molecule has 0 radical (unpaired) electrons. The van der Waals surface area contributed by atoms with Crippen LogP contribution < -0.4 is 0 Å². The van der Waals surface area contributed by atoms with Gasteiger partial charge in [-0.1, -0.05) is 32.6 Å². The fraction of sp³-hybridized carbons (Fsp3) is 0.929. The first-order valence-electron chi connectivity index (χ1n) is 6.98. The number of hydrogen-bond acceptors (Lipinski definition) is 3. The molecule has 108 valence electrons. The van der Waals surface area contributed by atoms with Crippen molar-refractivity contribution < 1.29 is 19.0 Å². The van der Waals surface area contributed by atoms with Crippen LogP contribution in [0.2, 0.25) is 0 Å². The third-order valence-electron chi connectivity index (χ3n) is 2.59. The Morgan fingerprint density at radius 1 is 1.11 bits per heavy atom. The second-order valence-corrected chi connectivity index (χ2v) is 5.59. The zero-order valence-corrected chi connectivity index (χ0v) is 12.7. The van der Waals surface area contributed by atoms with Crippen LogP contribution in [0.1, 0.15) is 52.4 Å². The Morgan fingerprint density at radius 3 is 2.28 bits per heavy atom. The molecule has 1 unspecified atom stereocenters. The SMILES string of the molecule is CCCCCCC(CCOC(C)=O)O[N+](C)(C)C. The van der Waals surface area contributed by atoms with E-state index in [0.717, 1.165) is 12.8 Å². The second kappa shape index (κ2) is 9.34. The maximum absolute atomic E-state index is 10.7. The number of carbonyl (C=O) groups excluding carboxylic acids is 1. The molecule has 0 spiro atoms. The van der Waals surface area contributed by atoms with Gasteiger partial charge in [-0.15, -0.1) is 0 Å². The molecule has 0 aromatic heterocycles. The van der Waals surface area contributed by atoms with Crippen LogP contribution in [0.25, 0.3) is 0 Å². The molecular weight excluding hydrogens is 230 g/mol. The van der Waals surface area contributed by atoms with E-state index in [1.54, 1.807) is 0 Å². The van der Waals surface area contributed by atoms with Crippen LogP contribution in [0, 0.1) is 0 Å². The quantitative estimate of drug-likeness (QED) is 0.262. The Labute approximate surface area is 112 Å². The first-order valence-corrected chi connectivity index (χ1v) is 6.98. The van der Waals surface area contributed by atoms with Crippen molar-refractivity contribution >= 4 is 5.97 Å². The van der Waals surface area contributed by atoms with Crippen molar-refractivity contribution in [3.8, 4) is 0 Å². The average molecular weight is 260 g/mol. The Morgan fingerprint density at radius 2 is 1.78 bits per heavy atom. The number of ether oxygens (including phenoxy) is 1. The summed E-state index contributed by atoms with van der Waals surface area (Å²) in [6.45, 7) is 4.10. The molecule has 0 N–H and O–H groups in total. The highest BCUT2D eigenvalue weighted by molar-refractivity contribution is 5.65. The van der Waals surface area contributed by atoms with Gasteiger partial charge in [0.2, 0.25) is 0 Å². The summed E-state index contributed by atoms with van der Waals surface area (Å²) in [7, 11) is 6.01. The fourth-order valence-electron chi connectivity index (χ4n) is 1.83. The maximum Gasteiger partial charge on any atom is 0.302 e. The minimum absolute atomic E-state index is 0.168. The van der Waals surface area contributed by atoms with E-state index in [1.165, 1.54) is 32.6 Å². The molecule has 0 saturated carbocycles. The van der Waals surface area contributed by atoms with Crippen LogP contribution in [-0.2, 0) is 14.4 Å². The summed E-state index contributed by atoms with van der Waals surface area (Å²) in [6.07, 6.45) is 6.94. The molecule has 0 aliphatic rings. The first-order chi connectivity index (χ1) is 8.35. The maximum atomic E-state index is 10.7. The average Bonchev–Trinajstić information content (AvgIpc) is 2.21. The summed E-state index contributed by atoms with van der Waals surface area (Å²) < 4.78 is 5.47. The number of carbonyl (C=O) groups is 1. The Hall–Kier alpha value is -0.610. The Bertz CT molecular complexity index is 224. The lowest BCUT2D eigenvalue weighted by molar-refractivity contribution is -1.07. The van der Waals surface area contributed by atoms with Gasteiger partial charge in [0.1, 0.15) is 6.10 Å². The van der Waals surface area contributed by atoms with Gasteiger partial charge >= 0.3 is 5.97 Å². The zero-order chi connectivity index (χ0) is 14.0. The topological polar surface area (TPSA) is 35.5 Å². The number of unbranched alkanes of at least 4 members (excludes halogenated alkanes) is 3. The van der Waals surface area contributed by atoms with Gasteiger partial charge in [0.15, 0.2) is 0 Å². The summed E-state index contributed by atoms with van der Waals surface area (Å²) in [5.74, 6) is -0.218. The lowest BCUT2D eigenvalue weighted by Crippen LogP contribution is -2.39. The van der Waals surface area contributed by atoms with Gasteiger partial charge in [-0.2, -0.15) is 4.65 Å². The number of rotatable bonds is 10. The molecule has 1 atom stereocenters. The predicted octanol–water partition coefficient (Wildman–Crippen LogP) is 2.92. The molecule has 0 aromatic rings. The molecule has 18 heavy (non-hydrogen) atoms. The molecule has 0 heterocycles. The molecule has 4 heteroatoms. The van der Waals surface area contributed by atoms with Gasteiger partial charge < -0.3 is 4.74 Å². The van der Waals surface area contributed by atoms with Gasteiger partial charge in [0.05, 0.1) is 27.7 Å². The summed E-state index contributed by atoms with van der Waals surface area (Å²) in [5, 5.41) is 0. The molecular formula is C14H30NO3+. The van der Waals surface area contributed by atoms with Gasteiger partial charge in [0, 0.05) is 13.3 Å². The molecule has 4 nitrogen and oxygen atoms in total. The van der Waals surface area contributed by atoms with Crippen molar-refractivity contribution in [3.05, 3.63) is 0 Å². The predicted molar refractivity (Wildman–Crippen MR) is 72.9 cm³/mol. The fourth-order valence-corrected chi connectivity index (χ4v) is 1.83. The largest absolute Gasteiger partial charge is 0.466 e. The normalized spacial score (nSPS) is 13.4. The molecule has 0 amide bonds. The molecule has 0 saturated heterocycles. The van der Waals surface area contributed by atoms with Crippen LogP contribution in [0.4, 0.5) is 0 Å². The van der Waals surface area contributed by atoms with Gasteiger partial charge in [-0.3, -0.25) is 4.79 Å². The summed E-state index contributed by atoms with van der Waals surface area (Å²) in [5.41, 5.74) is 0. The highest BCUT2D eigenvalue weighted by Crippen LogP contribution is 2.14. The third kappa shape index (κ3) is 11.9. The van der Waals surface area contributed by atoms with Crippen LogP contribution in [-0.4, -0.2) is 44.5 Å². The van der Waals surface area contributed by atoms with Crippen molar-refractivity contribution in [1.82, 2.24) is 0 Å². The van der Waals surface area contributed by atoms with Crippen molar-refractivity contribution in [2.75, 3.05) is 27.7 Å². The molecule has 0 aliphatic heterocycles. The molecule has 0 bridgehead atoms. The van der Waals surface area contributed by atoms with E-state index in [4.69, 9.17) is 9.57 Å². The van der Waals surface area contributed by atoms with Gasteiger partial charge in [-0.25, -0.2) is 4.84 Å². The molecule has 0 aliphatic carbocycles. The van der Waals surface area contributed by atoms with Crippen molar-refractivity contribution in [3.63, 3.8) is 0 Å². The molecule has 0 rings (SSSR count). The highest BCUT2D eigenvalue weighted by atomic mass is 16.7. The van der Waals surface area contributed by atoms with E-state index in [-0.39, 0.29) is 12.1 Å². The first kappa shape index (κ1) is 17.4. The van der Waals surface area contributed by atoms with E-state index in [2.05, 4.69) is 6.92 Å². The minimum atomic E-state index is -0.218. The monoisotopic (exact) mass is 260 g/mol. The van der Waals surface area contributed by atoms with Crippen LogP contribution >= 0.6 is 0 Å². The number of esters is 1. The van der Waals surface area contributed by atoms with E-state index in [0.29, 0.717) is 11.3 Å². The van der Waals surface area contributed by atoms with Crippen LogP contribution in [0.15, 0.2) is 0 Å². The van der Waals surface area contributed by atoms with Gasteiger partial charge in [0.25, 0.3) is 0 Å². The standard InChI is InChI=1S/C14H30NO3/c1-6-7-8-9-10-14(18-15(3,4)5)11-12-17-13(2)16/h14H,6-12H2,1-5H3/q+1. The highest BCUT2D eigenvalue weighted by Gasteiger charge is 2.19. The minimum Gasteiger partial charge on any atom is -0.466 e. The second-order valence-electron chi connectivity index (χ2n) is 5.59. The van der Waals surface area contributed by atoms with Crippen LogP contribution in [0.3, 0.4) is 0 Å². The van der Waals surface area contributed by atoms with Gasteiger partial charge in [-0.05, 0) is 6.42 Å². The lowest BCUT2D eigenvalue weighted by Gasteiger charge is -2.27. The summed E-state index contributed by atoms with van der Waals surface area (Å²) >= 11 is 0. The van der Waals surface area contributed by atoms with E-state index in [9.17, 15) is 4.79 Å². The summed E-state index contributed by atoms with van der Waals surface area (Å²) in [6, 6.07) is 0. The molecule has 0 fully saturated rings. The Balaban J connectivity index is 3.96. The number of quaternary nitrogens is 1. The van der Waals surface area contributed by atoms with E-state index >= 15 is 0 Å². The number of nitrogens with zero attached hydrogens (tertiary/aromatic N) is 1. The Kier molecular flexibility index (Phi) is 9.02. The third-order valence-corrected chi connectivity index (χ3v) is 2.59. The van der Waals surface area contributed by atoms with Crippen molar-refractivity contribution in [2.24, 2.45) is 0 Å². The van der Waals surface area contributed by atoms with E-state index in [1.807, 2.05) is 21.1 Å². The van der Waals surface area contributed by atoms with E-state index < -0.39 is 0 Å². The molecule has 0 aromatic carbocycles. The lowest BCUT2D eigenvalue weighted by atomic mass is 10.1. The zero-order valence-electron chi connectivity index (χ0n) is 12.7. The van der Waals surface area contributed by atoms with Crippen molar-refractivity contribution in [1.29, 1.82) is 0 Å². The number of hydrogen-bond donors (Lipinski definition) is 0. The summed E-state index contributed by atoms with van der Waals surface area (Å²) in [4.78, 5) is 16.7. The van der Waals surface area contributed by atoms with Crippen LogP contribution in [0.5, 0.6) is 0 Å². The number of hydroxylamine groups is 3. The van der Waals surface area contributed by atoms with Crippen molar-refractivity contribution in [2.45, 2.75) is 58.5 Å².